The van der Waals surface area contributed by atoms with Crippen LogP contribution in [0.1, 0.15) is 0 Å². The van der Waals surface area contributed by atoms with E-state index in [1.807, 2.05) is 73.6 Å². The lowest BCUT2D eigenvalue weighted by molar-refractivity contribution is -0.111. The van der Waals surface area contributed by atoms with Crippen molar-refractivity contribution < 1.29 is 4.79 Å². The summed E-state index contributed by atoms with van der Waals surface area (Å²) in [4.78, 5) is 23.0. The van der Waals surface area contributed by atoms with E-state index >= 15 is 0 Å². The number of aromatic nitrogens is 2. The zero-order valence-electron chi connectivity index (χ0n) is 18.9. The fourth-order valence-corrected chi connectivity index (χ4v) is 3.94. The number of rotatable bonds is 8. The molecule has 0 fully saturated rings. The maximum atomic E-state index is 12.1. The highest BCUT2D eigenvalue weighted by molar-refractivity contribution is 9.10. The average Bonchev–Trinajstić information content (AvgIpc) is 2.79. The Kier molecular flexibility index (Phi) is 7.51. The van der Waals surface area contributed by atoms with E-state index in [9.17, 15) is 4.79 Å². The number of nitrogens with one attached hydrogen (secondary N) is 3. The lowest BCUT2D eigenvalue weighted by Gasteiger charge is -2.11. The van der Waals surface area contributed by atoms with Crippen molar-refractivity contribution in [3.63, 3.8) is 0 Å². The summed E-state index contributed by atoms with van der Waals surface area (Å²) >= 11 is 3.64. The third-order valence-corrected chi connectivity index (χ3v) is 5.52. The van der Waals surface area contributed by atoms with E-state index in [2.05, 4.69) is 60.0 Å². The summed E-state index contributed by atoms with van der Waals surface area (Å²) in [6, 6.07) is 21.5. The summed E-state index contributed by atoms with van der Waals surface area (Å²) in [5.74, 6) is 0.928. The van der Waals surface area contributed by atoms with Gasteiger partial charge < -0.3 is 20.9 Å². The van der Waals surface area contributed by atoms with Crippen molar-refractivity contribution in [3.8, 4) is 0 Å². The Morgan fingerprint density at radius 2 is 1.79 bits per heavy atom. The molecule has 7 nitrogen and oxygen atoms in total. The first-order valence-electron chi connectivity index (χ1n) is 10.7. The Morgan fingerprint density at radius 3 is 2.65 bits per heavy atom. The van der Waals surface area contributed by atoms with Crippen molar-refractivity contribution in [1.29, 1.82) is 0 Å². The molecule has 3 aromatic carbocycles. The second-order valence-corrected chi connectivity index (χ2v) is 8.78. The molecule has 0 aliphatic carbocycles. The van der Waals surface area contributed by atoms with Gasteiger partial charge in [-0.2, -0.15) is 4.98 Å². The Balaban J connectivity index is 1.44. The normalized spacial score (nSPS) is 11.2. The Bertz CT molecular complexity index is 1340. The Hall–Kier alpha value is -3.75. The van der Waals surface area contributed by atoms with Crippen LogP contribution in [0.4, 0.5) is 28.8 Å². The first kappa shape index (κ1) is 23.4. The van der Waals surface area contributed by atoms with Gasteiger partial charge in [-0.3, -0.25) is 4.79 Å². The molecule has 0 unspecified atom stereocenters. The quantitative estimate of drug-likeness (QED) is 0.251. The number of anilines is 5. The molecule has 4 rings (SSSR count). The molecule has 0 aliphatic heterocycles. The molecule has 0 radical (unpaired) electrons. The van der Waals surface area contributed by atoms with Crippen LogP contribution in [0.25, 0.3) is 10.8 Å². The number of nitrogens with zero attached hydrogens (tertiary/aromatic N) is 3. The number of likely N-dealkylation sites (N-methyl/N-ethyl adjacent to an activating group) is 1. The first-order valence-corrected chi connectivity index (χ1v) is 11.5. The van der Waals surface area contributed by atoms with E-state index in [-0.39, 0.29) is 5.91 Å². The molecule has 1 aromatic heterocycles. The second-order valence-electron chi connectivity index (χ2n) is 7.93. The van der Waals surface area contributed by atoms with Crippen LogP contribution in [0, 0.1) is 0 Å². The van der Waals surface area contributed by atoms with Crippen LogP contribution in [0.2, 0.25) is 0 Å². The molecule has 0 atom stereocenters. The highest BCUT2D eigenvalue weighted by atomic mass is 79.9. The predicted octanol–water partition coefficient (Wildman–Crippen LogP) is 5.94. The lowest BCUT2D eigenvalue weighted by atomic mass is 10.1. The van der Waals surface area contributed by atoms with E-state index in [0.29, 0.717) is 24.0 Å². The maximum Gasteiger partial charge on any atom is 0.248 e. The SMILES string of the molecule is CN(C)C/C=C/C(=O)Nc1cccc(Nc2nccc(Nc3cc(Br)c4ccccc4c3)n2)c1. The van der Waals surface area contributed by atoms with Gasteiger partial charge in [0.05, 0.1) is 0 Å². The van der Waals surface area contributed by atoms with Gasteiger partial charge in [-0.25, -0.2) is 4.98 Å². The number of carbonyl (C=O) groups excluding carboxylic acids is 1. The first-order chi connectivity index (χ1) is 16.5. The van der Waals surface area contributed by atoms with Gasteiger partial charge in [-0.1, -0.05) is 52.3 Å². The molecule has 4 aromatic rings. The van der Waals surface area contributed by atoms with Gasteiger partial charge in [-0.05, 0) is 61.3 Å². The molecule has 8 heteroatoms. The molecule has 0 bridgehead atoms. The highest BCUT2D eigenvalue weighted by Crippen LogP contribution is 2.29. The molecule has 1 amide bonds. The van der Waals surface area contributed by atoms with E-state index in [0.717, 1.165) is 26.6 Å². The molecule has 3 N–H and O–H groups in total. The fraction of sp³-hybridized carbons (Fsp3) is 0.115. The van der Waals surface area contributed by atoms with Crippen LogP contribution >= 0.6 is 15.9 Å². The Morgan fingerprint density at radius 1 is 0.971 bits per heavy atom. The average molecular weight is 517 g/mol. The van der Waals surface area contributed by atoms with Crippen molar-refractivity contribution in [2.75, 3.05) is 36.6 Å². The number of benzene rings is 3. The molecule has 34 heavy (non-hydrogen) atoms. The topological polar surface area (TPSA) is 82.2 Å². The van der Waals surface area contributed by atoms with Gasteiger partial charge in [0.15, 0.2) is 0 Å². The molecular weight excluding hydrogens is 492 g/mol. The number of amides is 1. The summed E-state index contributed by atoms with van der Waals surface area (Å²) in [5.41, 5.74) is 2.36. The van der Waals surface area contributed by atoms with Crippen LogP contribution in [0.15, 0.2) is 89.6 Å². The minimum Gasteiger partial charge on any atom is -0.340 e. The number of hydrogen-bond donors (Lipinski definition) is 3. The molecule has 1 heterocycles. The summed E-state index contributed by atoms with van der Waals surface area (Å²) in [6.45, 7) is 0.701. The number of carbonyl (C=O) groups is 1. The molecule has 0 spiro atoms. The zero-order chi connectivity index (χ0) is 23.9. The zero-order valence-corrected chi connectivity index (χ0v) is 20.5. The Labute approximate surface area is 207 Å². The molecule has 172 valence electrons. The molecule has 0 aliphatic rings. The highest BCUT2D eigenvalue weighted by Gasteiger charge is 2.06. The standard InChI is InChI=1S/C26H25BrN6O/c1-33(2)14-6-11-25(34)30-19-8-5-9-20(16-19)31-26-28-13-12-24(32-26)29-21-15-18-7-3-4-10-22(18)23(27)17-21/h3-13,15-17H,14H2,1-2H3,(H,30,34)(H2,28,29,31,32)/b11-6+. The van der Waals surface area contributed by atoms with Crippen LogP contribution in [-0.4, -0.2) is 41.4 Å². The third-order valence-electron chi connectivity index (χ3n) is 4.87. The van der Waals surface area contributed by atoms with Gasteiger partial charge in [-0.15, -0.1) is 0 Å². The minimum absolute atomic E-state index is 0.178. The van der Waals surface area contributed by atoms with Gasteiger partial charge >= 0.3 is 0 Å². The summed E-state index contributed by atoms with van der Waals surface area (Å²) in [5, 5.41) is 11.7. The molecule has 0 saturated heterocycles. The van der Waals surface area contributed by atoms with E-state index in [4.69, 9.17) is 0 Å². The van der Waals surface area contributed by atoms with Gasteiger partial charge in [0.1, 0.15) is 5.82 Å². The minimum atomic E-state index is -0.178. The van der Waals surface area contributed by atoms with Crippen LogP contribution in [0.3, 0.4) is 0 Å². The van der Waals surface area contributed by atoms with Crippen molar-refractivity contribution >= 4 is 61.4 Å². The van der Waals surface area contributed by atoms with Crippen molar-refractivity contribution in [2.45, 2.75) is 0 Å². The number of hydrogen-bond acceptors (Lipinski definition) is 6. The summed E-state index contributed by atoms with van der Waals surface area (Å²) in [7, 11) is 3.90. The van der Waals surface area contributed by atoms with Crippen molar-refractivity contribution in [2.24, 2.45) is 0 Å². The molecule has 0 saturated carbocycles. The molecular formula is C26H25BrN6O. The van der Waals surface area contributed by atoms with Crippen molar-refractivity contribution in [1.82, 2.24) is 14.9 Å². The van der Waals surface area contributed by atoms with E-state index < -0.39 is 0 Å². The largest absolute Gasteiger partial charge is 0.340 e. The van der Waals surface area contributed by atoms with E-state index in [1.165, 1.54) is 6.08 Å². The van der Waals surface area contributed by atoms with Gasteiger partial charge in [0.2, 0.25) is 11.9 Å². The third kappa shape index (κ3) is 6.40. The van der Waals surface area contributed by atoms with Crippen molar-refractivity contribution in [3.05, 3.63) is 89.6 Å². The predicted molar refractivity (Wildman–Crippen MR) is 143 cm³/mol. The summed E-state index contributed by atoms with van der Waals surface area (Å²) < 4.78 is 1.01. The van der Waals surface area contributed by atoms with Crippen LogP contribution < -0.4 is 16.0 Å². The van der Waals surface area contributed by atoms with Gasteiger partial charge in [0, 0.05) is 40.4 Å². The monoisotopic (exact) mass is 516 g/mol. The maximum absolute atomic E-state index is 12.1. The van der Waals surface area contributed by atoms with Gasteiger partial charge in [0.25, 0.3) is 0 Å². The number of fused-ring (bicyclic) bond motifs is 1. The van der Waals surface area contributed by atoms with E-state index in [1.54, 1.807) is 6.20 Å². The van der Waals surface area contributed by atoms with Crippen LogP contribution in [0.5, 0.6) is 0 Å². The summed E-state index contributed by atoms with van der Waals surface area (Å²) in [6.07, 6.45) is 5.04. The fourth-order valence-electron chi connectivity index (χ4n) is 3.33. The number of halogens is 1. The van der Waals surface area contributed by atoms with Crippen LogP contribution in [-0.2, 0) is 4.79 Å². The smallest absolute Gasteiger partial charge is 0.248 e. The lowest BCUT2D eigenvalue weighted by Crippen LogP contribution is -2.13. The second kappa shape index (κ2) is 10.9.